The normalized spacial score (nSPS) is 11.1. The van der Waals surface area contributed by atoms with Crippen LogP contribution in [0.2, 0.25) is 0 Å². The largest absolute Gasteiger partial charge is 0.372 e. The molecule has 0 aliphatic heterocycles. The van der Waals surface area contributed by atoms with Crippen LogP contribution in [0.5, 0.6) is 0 Å². The van der Waals surface area contributed by atoms with Crippen LogP contribution >= 0.6 is 11.5 Å². The molecule has 0 spiro atoms. The van der Waals surface area contributed by atoms with Gasteiger partial charge in [-0.2, -0.15) is 4.37 Å². The van der Waals surface area contributed by atoms with Gasteiger partial charge in [-0.25, -0.2) is 4.98 Å². The summed E-state index contributed by atoms with van der Waals surface area (Å²) in [6, 6.07) is 3.94. The van der Waals surface area contributed by atoms with Crippen molar-refractivity contribution in [3.8, 4) is 11.5 Å². The number of aromatic nitrogens is 3. The van der Waals surface area contributed by atoms with E-state index in [4.69, 9.17) is 4.74 Å². The van der Waals surface area contributed by atoms with Gasteiger partial charge in [0.2, 0.25) is 0 Å². The second-order valence-corrected chi connectivity index (χ2v) is 4.93. The molecule has 0 aromatic carbocycles. The van der Waals surface area contributed by atoms with E-state index < -0.39 is 0 Å². The molecule has 0 fully saturated rings. The first-order valence-electron chi connectivity index (χ1n) is 5.52. The second-order valence-electron chi connectivity index (χ2n) is 4.09. The highest BCUT2D eigenvalue weighted by molar-refractivity contribution is 7.05. The number of rotatable bonds is 4. The van der Waals surface area contributed by atoms with E-state index >= 15 is 0 Å². The molecule has 2 rings (SSSR count). The summed E-state index contributed by atoms with van der Waals surface area (Å²) in [5, 5.41) is 0.885. The van der Waals surface area contributed by atoms with Gasteiger partial charge in [0, 0.05) is 6.20 Å². The molecule has 90 valence electrons. The average Bonchev–Trinajstić information content (AvgIpc) is 2.76. The van der Waals surface area contributed by atoms with Crippen LogP contribution in [0.1, 0.15) is 24.4 Å². The van der Waals surface area contributed by atoms with Gasteiger partial charge in [-0.15, -0.1) is 0 Å². The van der Waals surface area contributed by atoms with Crippen LogP contribution in [0, 0.1) is 6.92 Å². The first kappa shape index (κ1) is 12.1. The van der Waals surface area contributed by atoms with Crippen molar-refractivity contribution in [3.63, 3.8) is 0 Å². The first-order chi connectivity index (χ1) is 8.15. The monoisotopic (exact) mass is 249 g/mol. The molecule has 0 saturated heterocycles. The Hall–Kier alpha value is -1.33. The topological polar surface area (TPSA) is 47.9 Å². The zero-order chi connectivity index (χ0) is 12.3. The maximum absolute atomic E-state index is 5.48. The molecular weight excluding hydrogens is 234 g/mol. The highest BCUT2D eigenvalue weighted by Gasteiger charge is 2.08. The van der Waals surface area contributed by atoms with Gasteiger partial charge in [0.05, 0.1) is 6.10 Å². The van der Waals surface area contributed by atoms with Crippen molar-refractivity contribution >= 4 is 11.5 Å². The SMILES string of the molecule is Cc1ccc(-c2nsc(COC(C)C)n2)nc1. The number of hydrogen-bond acceptors (Lipinski definition) is 5. The standard InChI is InChI=1S/C12H15N3OS/c1-8(2)16-7-11-14-12(15-17-11)10-5-4-9(3)6-13-10/h4-6,8H,7H2,1-3H3. The minimum absolute atomic E-state index is 0.208. The molecule has 0 aliphatic carbocycles. The van der Waals surface area contributed by atoms with Crippen molar-refractivity contribution in [2.75, 3.05) is 0 Å². The average molecular weight is 249 g/mol. The Bertz CT molecular complexity index is 479. The van der Waals surface area contributed by atoms with Gasteiger partial charge in [0.25, 0.3) is 0 Å². The predicted octanol–water partition coefficient (Wildman–Crippen LogP) is 2.83. The van der Waals surface area contributed by atoms with E-state index in [0.29, 0.717) is 12.4 Å². The summed E-state index contributed by atoms with van der Waals surface area (Å²) < 4.78 is 9.77. The third kappa shape index (κ3) is 3.31. The smallest absolute Gasteiger partial charge is 0.191 e. The lowest BCUT2D eigenvalue weighted by molar-refractivity contribution is 0.0656. The van der Waals surface area contributed by atoms with Crippen molar-refractivity contribution in [2.24, 2.45) is 0 Å². The number of nitrogens with zero attached hydrogens (tertiary/aromatic N) is 3. The van der Waals surface area contributed by atoms with E-state index in [-0.39, 0.29) is 6.10 Å². The van der Waals surface area contributed by atoms with Crippen LogP contribution in [-0.4, -0.2) is 20.4 Å². The molecule has 0 N–H and O–H groups in total. The highest BCUT2D eigenvalue weighted by atomic mass is 32.1. The maximum atomic E-state index is 5.48. The molecule has 2 aromatic heterocycles. The van der Waals surface area contributed by atoms with E-state index in [1.165, 1.54) is 11.5 Å². The molecule has 2 heterocycles. The van der Waals surface area contributed by atoms with Crippen LogP contribution in [0.3, 0.4) is 0 Å². The molecule has 5 heteroatoms. The molecule has 0 unspecified atom stereocenters. The summed E-state index contributed by atoms with van der Waals surface area (Å²) in [5.74, 6) is 0.678. The summed E-state index contributed by atoms with van der Waals surface area (Å²) in [7, 11) is 0. The van der Waals surface area contributed by atoms with Crippen LogP contribution in [-0.2, 0) is 11.3 Å². The second kappa shape index (κ2) is 5.33. The van der Waals surface area contributed by atoms with Crippen molar-refractivity contribution in [2.45, 2.75) is 33.5 Å². The quantitative estimate of drug-likeness (QED) is 0.836. The Morgan fingerprint density at radius 1 is 1.35 bits per heavy atom. The van der Waals surface area contributed by atoms with Gasteiger partial charge in [-0.3, -0.25) is 4.98 Å². The fourth-order valence-electron chi connectivity index (χ4n) is 1.26. The number of aryl methyl sites for hydroxylation is 1. The highest BCUT2D eigenvalue weighted by Crippen LogP contribution is 2.16. The van der Waals surface area contributed by atoms with Gasteiger partial charge in [-0.1, -0.05) is 6.07 Å². The van der Waals surface area contributed by atoms with E-state index in [1.54, 1.807) is 0 Å². The van der Waals surface area contributed by atoms with Crippen molar-refractivity contribution in [3.05, 3.63) is 28.9 Å². The van der Waals surface area contributed by atoms with Crippen LogP contribution in [0.15, 0.2) is 18.3 Å². The summed E-state index contributed by atoms with van der Waals surface area (Å²) >= 11 is 1.36. The van der Waals surface area contributed by atoms with E-state index in [2.05, 4.69) is 14.3 Å². The van der Waals surface area contributed by atoms with Crippen molar-refractivity contribution < 1.29 is 4.74 Å². The zero-order valence-corrected chi connectivity index (χ0v) is 11.0. The van der Waals surface area contributed by atoms with Crippen LogP contribution in [0.25, 0.3) is 11.5 Å². The van der Waals surface area contributed by atoms with E-state index in [9.17, 15) is 0 Å². The molecule has 17 heavy (non-hydrogen) atoms. The lowest BCUT2D eigenvalue weighted by Crippen LogP contribution is -2.01. The van der Waals surface area contributed by atoms with E-state index in [1.807, 2.05) is 39.1 Å². The predicted molar refractivity (Wildman–Crippen MR) is 67.8 cm³/mol. The summed E-state index contributed by atoms with van der Waals surface area (Å²) in [5.41, 5.74) is 1.94. The molecule has 0 atom stereocenters. The number of pyridine rings is 1. The molecule has 0 saturated carbocycles. The molecule has 0 amide bonds. The summed E-state index contributed by atoms with van der Waals surface area (Å²) in [6.45, 7) is 6.53. The molecule has 0 radical (unpaired) electrons. The van der Waals surface area contributed by atoms with Crippen molar-refractivity contribution in [1.29, 1.82) is 0 Å². The zero-order valence-electron chi connectivity index (χ0n) is 10.2. The Balaban J connectivity index is 2.10. The summed E-state index contributed by atoms with van der Waals surface area (Å²) in [4.78, 5) is 8.70. The van der Waals surface area contributed by atoms with Crippen LogP contribution < -0.4 is 0 Å². The molecule has 0 aliphatic rings. The Kier molecular flexibility index (Phi) is 3.81. The number of hydrogen-bond donors (Lipinski definition) is 0. The minimum Gasteiger partial charge on any atom is -0.372 e. The third-order valence-electron chi connectivity index (χ3n) is 2.15. The number of ether oxygens (including phenoxy) is 1. The molecule has 2 aromatic rings. The molecule has 0 bridgehead atoms. The van der Waals surface area contributed by atoms with Gasteiger partial charge >= 0.3 is 0 Å². The Morgan fingerprint density at radius 2 is 2.18 bits per heavy atom. The third-order valence-corrected chi connectivity index (χ3v) is 2.83. The van der Waals surface area contributed by atoms with Crippen LogP contribution in [0.4, 0.5) is 0 Å². The Labute approximate surface area is 105 Å². The van der Waals surface area contributed by atoms with Gasteiger partial charge < -0.3 is 4.74 Å². The lowest BCUT2D eigenvalue weighted by Gasteiger charge is -2.03. The summed E-state index contributed by atoms with van der Waals surface area (Å²) in [6.07, 6.45) is 2.03. The molecule has 4 nitrogen and oxygen atoms in total. The van der Waals surface area contributed by atoms with Crippen molar-refractivity contribution in [1.82, 2.24) is 14.3 Å². The Morgan fingerprint density at radius 3 is 2.82 bits per heavy atom. The fraction of sp³-hybridized carbons (Fsp3) is 0.417. The fourth-order valence-corrected chi connectivity index (χ4v) is 1.83. The first-order valence-corrected chi connectivity index (χ1v) is 6.29. The maximum Gasteiger partial charge on any atom is 0.191 e. The van der Waals surface area contributed by atoms with Gasteiger partial charge in [-0.05, 0) is 43.9 Å². The van der Waals surface area contributed by atoms with E-state index in [0.717, 1.165) is 16.3 Å². The lowest BCUT2D eigenvalue weighted by atomic mass is 10.3. The van der Waals surface area contributed by atoms with Gasteiger partial charge in [0.1, 0.15) is 17.3 Å². The van der Waals surface area contributed by atoms with Gasteiger partial charge in [0.15, 0.2) is 5.82 Å². The minimum atomic E-state index is 0.208. The molecular formula is C12H15N3OS.